The molecule has 0 saturated heterocycles. The van der Waals surface area contributed by atoms with Crippen LogP contribution in [0.3, 0.4) is 0 Å². The predicted octanol–water partition coefficient (Wildman–Crippen LogP) is -3.00. The van der Waals surface area contributed by atoms with Gasteiger partial charge in [0.2, 0.25) is 17.7 Å². The fourth-order valence-electron chi connectivity index (χ4n) is 1.94. The first-order valence-electron chi connectivity index (χ1n) is 8.18. The van der Waals surface area contributed by atoms with Gasteiger partial charge in [-0.25, -0.2) is 0 Å². The number of aliphatic carboxylic acids is 2. The maximum atomic E-state index is 12.2. The minimum Gasteiger partial charge on any atom is -0.481 e. The van der Waals surface area contributed by atoms with Gasteiger partial charge in [0.15, 0.2) is 0 Å². The van der Waals surface area contributed by atoms with Crippen molar-refractivity contribution in [2.24, 2.45) is 11.7 Å². The van der Waals surface area contributed by atoms with Gasteiger partial charge >= 0.3 is 11.9 Å². The zero-order valence-corrected chi connectivity index (χ0v) is 15.1. The van der Waals surface area contributed by atoms with E-state index < -0.39 is 66.9 Å². The predicted molar refractivity (Wildman–Crippen MR) is 91.3 cm³/mol. The molecule has 0 aliphatic rings. The Morgan fingerprint density at radius 2 is 1.52 bits per heavy atom. The van der Waals surface area contributed by atoms with E-state index in [-0.39, 0.29) is 12.8 Å². The largest absolute Gasteiger partial charge is 0.481 e. The summed E-state index contributed by atoms with van der Waals surface area (Å²) in [6, 6.07) is -3.70. The summed E-state index contributed by atoms with van der Waals surface area (Å²) in [6.45, 7) is 1.81. The molecule has 0 heterocycles. The van der Waals surface area contributed by atoms with Crippen molar-refractivity contribution < 1.29 is 39.3 Å². The van der Waals surface area contributed by atoms with Gasteiger partial charge in [-0.05, 0) is 12.3 Å². The van der Waals surface area contributed by atoms with E-state index in [1.54, 1.807) is 13.8 Å². The van der Waals surface area contributed by atoms with Crippen molar-refractivity contribution >= 4 is 29.7 Å². The number of rotatable bonds is 12. The summed E-state index contributed by atoms with van der Waals surface area (Å²) < 4.78 is 0. The van der Waals surface area contributed by atoms with Crippen molar-refractivity contribution in [3.8, 4) is 0 Å². The molecule has 0 saturated carbocycles. The molecule has 0 aromatic heterocycles. The highest BCUT2D eigenvalue weighted by atomic mass is 16.4. The number of nitrogens with one attached hydrogen (secondary N) is 3. The van der Waals surface area contributed by atoms with Gasteiger partial charge in [-0.3, -0.25) is 24.0 Å². The average molecular weight is 390 g/mol. The Morgan fingerprint density at radius 3 is 1.96 bits per heavy atom. The number of amides is 3. The van der Waals surface area contributed by atoms with Crippen LogP contribution in [0.15, 0.2) is 0 Å². The van der Waals surface area contributed by atoms with Crippen LogP contribution in [0.25, 0.3) is 0 Å². The van der Waals surface area contributed by atoms with Crippen LogP contribution >= 0.6 is 0 Å². The summed E-state index contributed by atoms with van der Waals surface area (Å²) in [5, 5.41) is 33.1. The van der Waals surface area contributed by atoms with E-state index in [1.165, 1.54) is 0 Å². The first kappa shape index (κ1) is 24.3. The molecule has 0 aromatic rings. The minimum atomic E-state index is -1.41. The molecule has 3 unspecified atom stereocenters. The van der Waals surface area contributed by atoms with Gasteiger partial charge in [0, 0.05) is 6.42 Å². The average Bonchev–Trinajstić information content (AvgIpc) is 2.58. The zero-order valence-electron chi connectivity index (χ0n) is 15.1. The first-order chi connectivity index (χ1) is 12.5. The SMILES string of the molecule is CC(C)C(NC(=O)C(CO)NC(=O)C(N)CCC(=O)O)C(=O)NCC(=O)O. The highest BCUT2D eigenvalue weighted by Crippen LogP contribution is 2.03. The number of carbonyl (C=O) groups excluding carboxylic acids is 3. The maximum Gasteiger partial charge on any atom is 0.322 e. The molecule has 0 radical (unpaired) electrons. The van der Waals surface area contributed by atoms with Crippen LogP contribution in [0.4, 0.5) is 0 Å². The molecule has 12 heteroatoms. The molecule has 0 spiro atoms. The van der Waals surface area contributed by atoms with Crippen LogP contribution in [-0.4, -0.2) is 76.3 Å². The fraction of sp³-hybridized carbons (Fsp3) is 0.667. The van der Waals surface area contributed by atoms with E-state index >= 15 is 0 Å². The van der Waals surface area contributed by atoms with Gasteiger partial charge < -0.3 is 37.0 Å². The number of carboxylic acids is 2. The molecule has 12 nitrogen and oxygen atoms in total. The van der Waals surface area contributed by atoms with Crippen LogP contribution in [0.2, 0.25) is 0 Å². The summed E-state index contributed by atoms with van der Waals surface area (Å²) in [7, 11) is 0. The molecule has 0 bridgehead atoms. The van der Waals surface area contributed by atoms with Gasteiger partial charge in [0.05, 0.1) is 12.6 Å². The lowest BCUT2D eigenvalue weighted by molar-refractivity contribution is -0.139. The van der Waals surface area contributed by atoms with Crippen LogP contribution in [-0.2, 0) is 24.0 Å². The smallest absolute Gasteiger partial charge is 0.322 e. The molecule has 3 amide bonds. The van der Waals surface area contributed by atoms with E-state index in [9.17, 15) is 29.1 Å². The second-order valence-corrected chi connectivity index (χ2v) is 6.12. The van der Waals surface area contributed by atoms with E-state index in [4.69, 9.17) is 15.9 Å². The summed E-state index contributed by atoms with van der Waals surface area (Å²) in [6.07, 6.45) is -0.503. The number of aliphatic hydroxyl groups is 1. The second kappa shape index (κ2) is 11.8. The molecule has 0 aliphatic carbocycles. The molecule has 0 rings (SSSR count). The second-order valence-electron chi connectivity index (χ2n) is 6.12. The molecule has 3 atom stereocenters. The van der Waals surface area contributed by atoms with Crippen molar-refractivity contribution in [2.75, 3.05) is 13.2 Å². The van der Waals surface area contributed by atoms with Gasteiger partial charge in [-0.1, -0.05) is 13.8 Å². The van der Waals surface area contributed by atoms with E-state index in [0.717, 1.165) is 0 Å². The highest BCUT2D eigenvalue weighted by Gasteiger charge is 2.29. The highest BCUT2D eigenvalue weighted by molar-refractivity contribution is 5.93. The Kier molecular flexibility index (Phi) is 10.6. The lowest BCUT2D eigenvalue weighted by atomic mass is 10.0. The lowest BCUT2D eigenvalue weighted by Crippen LogP contribution is -2.58. The molecular formula is C15H26N4O8. The number of nitrogens with two attached hydrogens (primary N) is 1. The zero-order chi connectivity index (χ0) is 21.1. The van der Waals surface area contributed by atoms with Gasteiger partial charge in [0.25, 0.3) is 0 Å². The van der Waals surface area contributed by atoms with Gasteiger partial charge in [-0.15, -0.1) is 0 Å². The summed E-state index contributed by atoms with van der Waals surface area (Å²) >= 11 is 0. The molecule has 0 aromatic carbocycles. The Labute approximate surface area is 155 Å². The standard InChI is InChI=1S/C15H26N4O8/c1-7(2)12(15(27)17-5-11(23)24)19-14(26)9(6-20)18-13(25)8(16)3-4-10(21)22/h7-9,12,20H,3-6,16H2,1-2H3,(H,17,27)(H,18,25)(H,19,26)(H,21,22)(H,23,24). The van der Waals surface area contributed by atoms with Crippen molar-refractivity contribution in [2.45, 2.75) is 44.8 Å². The maximum absolute atomic E-state index is 12.2. The van der Waals surface area contributed by atoms with Crippen LogP contribution < -0.4 is 21.7 Å². The number of carboxylic acid groups (broad SMARTS) is 2. The van der Waals surface area contributed by atoms with Crippen LogP contribution in [0.5, 0.6) is 0 Å². The summed E-state index contributed by atoms with van der Waals surface area (Å²) in [4.78, 5) is 57.1. The van der Waals surface area contributed by atoms with E-state index in [0.29, 0.717) is 0 Å². The lowest BCUT2D eigenvalue weighted by Gasteiger charge is -2.25. The topological polar surface area (TPSA) is 208 Å². The van der Waals surface area contributed by atoms with Crippen molar-refractivity contribution in [3.63, 3.8) is 0 Å². The molecule has 0 aliphatic heterocycles. The summed E-state index contributed by atoms with van der Waals surface area (Å²) in [5.41, 5.74) is 5.53. The molecule has 154 valence electrons. The van der Waals surface area contributed by atoms with Crippen LogP contribution in [0.1, 0.15) is 26.7 Å². The molecular weight excluding hydrogens is 364 g/mol. The monoisotopic (exact) mass is 390 g/mol. The number of hydrogen-bond acceptors (Lipinski definition) is 7. The molecule has 27 heavy (non-hydrogen) atoms. The Bertz CT molecular complexity index is 566. The third-order valence-electron chi connectivity index (χ3n) is 3.48. The Morgan fingerprint density at radius 1 is 0.926 bits per heavy atom. The first-order valence-corrected chi connectivity index (χ1v) is 8.18. The number of carbonyl (C=O) groups is 5. The van der Waals surface area contributed by atoms with Crippen molar-refractivity contribution in [3.05, 3.63) is 0 Å². The normalized spacial score (nSPS) is 14.0. The fourth-order valence-corrected chi connectivity index (χ4v) is 1.94. The minimum absolute atomic E-state index is 0.160. The van der Waals surface area contributed by atoms with Gasteiger partial charge in [-0.2, -0.15) is 0 Å². The van der Waals surface area contributed by atoms with Crippen LogP contribution in [0, 0.1) is 5.92 Å². The Balaban J connectivity index is 4.87. The molecule has 0 fully saturated rings. The van der Waals surface area contributed by atoms with Crippen molar-refractivity contribution in [1.82, 2.24) is 16.0 Å². The quantitative estimate of drug-likeness (QED) is 0.181. The summed E-state index contributed by atoms with van der Waals surface area (Å²) in [5.74, 6) is -5.24. The van der Waals surface area contributed by atoms with Gasteiger partial charge in [0.1, 0.15) is 18.6 Å². The molecule has 8 N–H and O–H groups in total. The third-order valence-corrected chi connectivity index (χ3v) is 3.48. The number of aliphatic hydroxyl groups excluding tert-OH is 1. The van der Waals surface area contributed by atoms with E-state index in [1.807, 2.05) is 0 Å². The number of hydrogen-bond donors (Lipinski definition) is 7. The van der Waals surface area contributed by atoms with E-state index in [2.05, 4.69) is 16.0 Å². The Hall–Kier alpha value is -2.73. The van der Waals surface area contributed by atoms with Crippen molar-refractivity contribution in [1.29, 1.82) is 0 Å². The third kappa shape index (κ3) is 9.51.